The zero-order valence-electron chi connectivity index (χ0n) is 15.4. The molecule has 2 aromatic rings. The molecule has 28 heavy (non-hydrogen) atoms. The molecule has 4 rings (SSSR count). The lowest BCUT2D eigenvalue weighted by molar-refractivity contribution is -0.119. The quantitative estimate of drug-likeness (QED) is 0.638. The molecule has 0 fully saturated rings. The van der Waals surface area contributed by atoms with E-state index in [0.29, 0.717) is 21.7 Å². The Hall–Kier alpha value is -2.98. The highest BCUT2D eigenvalue weighted by Gasteiger charge is 2.40. The van der Waals surface area contributed by atoms with Crippen molar-refractivity contribution in [3.05, 3.63) is 51.4 Å². The smallest absolute Gasteiger partial charge is 0.262 e. The van der Waals surface area contributed by atoms with Gasteiger partial charge in [-0.25, -0.2) is 0 Å². The molecule has 1 aromatic heterocycles. The molecular formula is C21H19N3O3S. The van der Waals surface area contributed by atoms with E-state index in [1.54, 1.807) is 24.3 Å². The first-order chi connectivity index (χ1) is 13.5. The fraction of sp³-hybridized carbons (Fsp3) is 0.333. The third-order valence-corrected chi connectivity index (χ3v) is 6.57. The van der Waals surface area contributed by atoms with Crippen molar-refractivity contribution >= 4 is 34.1 Å². The van der Waals surface area contributed by atoms with Gasteiger partial charge >= 0.3 is 0 Å². The molecule has 0 saturated carbocycles. The first-order valence-electron chi connectivity index (χ1n) is 9.35. The average molecular weight is 393 g/mol. The number of fused-ring (bicyclic) bond motifs is 2. The van der Waals surface area contributed by atoms with Crippen LogP contribution in [-0.2, 0) is 17.6 Å². The van der Waals surface area contributed by atoms with Crippen LogP contribution in [0.5, 0.6) is 0 Å². The normalized spacial score (nSPS) is 16.8. The van der Waals surface area contributed by atoms with E-state index in [9.17, 15) is 19.6 Å². The van der Waals surface area contributed by atoms with Gasteiger partial charge in [-0.05, 0) is 50.3 Å². The van der Waals surface area contributed by atoms with E-state index < -0.39 is 23.8 Å². The molecule has 1 aromatic carbocycles. The Morgan fingerprint density at radius 3 is 2.43 bits per heavy atom. The SMILES string of the molecule is C[C@H](C(=O)Nc1sc2c(c1C#N)CCCCC2)N1C(=O)c2ccccc2C1=O. The van der Waals surface area contributed by atoms with Crippen LogP contribution in [0, 0.1) is 11.3 Å². The van der Waals surface area contributed by atoms with Crippen molar-refractivity contribution in [1.29, 1.82) is 5.26 Å². The summed E-state index contributed by atoms with van der Waals surface area (Å²) in [5.41, 5.74) is 2.18. The number of hydrogen-bond acceptors (Lipinski definition) is 5. The second-order valence-corrected chi connectivity index (χ2v) is 8.18. The highest BCUT2D eigenvalue weighted by molar-refractivity contribution is 7.16. The molecule has 0 saturated heterocycles. The fourth-order valence-electron chi connectivity index (χ4n) is 3.84. The number of rotatable bonds is 3. The van der Waals surface area contributed by atoms with Gasteiger partial charge < -0.3 is 5.32 Å². The van der Waals surface area contributed by atoms with E-state index in [0.717, 1.165) is 47.4 Å². The molecular weight excluding hydrogens is 374 g/mol. The van der Waals surface area contributed by atoms with Crippen LogP contribution < -0.4 is 5.32 Å². The zero-order chi connectivity index (χ0) is 19.8. The number of amides is 3. The molecule has 1 aliphatic heterocycles. The van der Waals surface area contributed by atoms with Crippen LogP contribution in [0.25, 0.3) is 0 Å². The van der Waals surface area contributed by atoms with Gasteiger partial charge in [0.25, 0.3) is 11.8 Å². The minimum atomic E-state index is -0.971. The Balaban J connectivity index is 1.58. The van der Waals surface area contributed by atoms with Gasteiger partial charge in [-0.2, -0.15) is 5.26 Å². The maximum atomic E-state index is 12.8. The predicted octanol–water partition coefficient (Wildman–Crippen LogP) is 3.51. The standard InChI is InChI=1S/C21H19N3O3S/c1-12(24-20(26)14-8-5-6-9-15(14)21(24)27)18(25)23-19-16(11-22)13-7-3-2-4-10-17(13)28-19/h5-6,8-9,12H,2-4,7,10H2,1H3,(H,23,25)/t12-/m1/s1. The molecule has 0 radical (unpaired) electrons. The maximum Gasteiger partial charge on any atom is 0.262 e. The lowest BCUT2D eigenvalue weighted by Gasteiger charge is -2.21. The third kappa shape index (κ3) is 2.90. The number of aryl methyl sites for hydroxylation is 1. The van der Waals surface area contributed by atoms with Crippen LogP contribution in [0.3, 0.4) is 0 Å². The summed E-state index contributed by atoms with van der Waals surface area (Å²) in [5, 5.41) is 12.9. The van der Waals surface area contributed by atoms with Gasteiger partial charge in [0.1, 0.15) is 17.1 Å². The van der Waals surface area contributed by atoms with Crippen LogP contribution in [0.2, 0.25) is 0 Å². The second kappa shape index (κ2) is 7.21. The fourth-order valence-corrected chi connectivity index (χ4v) is 5.08. The summed E-state index contributed by atoms with van der Waals surface area (Å²) in [5.74, 6) is -1.40. The Morgan fingerprint density at radius 1 is 1.14 bits per heavy atom. The van der Waals surface area contributed by atoms with E-state index >= 15 is 0 Å². The number of hydrogen-bond donors (Lipinski definition) is 1. The average Bonchev–Trinajstić information content (AvgIpc) is 3.03. The van der Waals surface area contributed by atoms with Crippen molar-refractivity contribution in [3.8, 4) is 6.07 Å². The summed E-state index contributed by atoms with van der Waals surface area (Å²) in [7, 11) is 0. The Bertz CT molecular complexity index is 999. The van der Waals surface area contributed by atoms with Crippen molar-refractivity contribution in [2.45, 2.75) is 45.1 Å². The van der Waals surface area contributed by atoms with Gasteiger partial charge in [-0.1, -0.05) is 18.6 Å². The van der Waals surface area contributed by atoms with Gasteiger partial charge in [-0.3, -0.25) is 19.3 Å². The number of carbonyl (C=O) groups is 3. The summed E-state index contributed by atoms with van der Waals surface area (Å²) in [4.78, 5) is 40.2. The number of nitrogens with one attached hydrogen (secondary N) is 1. The molecule has 2 heterocycles. The monoisotopic (exact) mass is 393 g/mol. The van der Waals surface area contributed by atoms with Gasteiger partial charge in [0.2, 0.25) is 5.91 Å². The maximum absolute atomic E-state index is 12.8. The van der Waals surface area contributed by atoms with Gasteiger partial charge in [0, 0.05) is 4.88 Å². The van der Waals surface area contributed by atoms with Crippen molar-refractivity contribution in [2.24, 2.45) is 0 Å². The van der Waals surface area contributed by atoms with E-state index in [2.05, 4.69) is 11.4 Å². The number of anilines is 1. The van der Waals surface area contributed by atoms with Gasteiger partial charge in [0.15, 0.2) is 0 Å². The van der Waals surface area contributed by atoms with Crippen LogP contribution in [0.4, 0.5) is 5.00 Å². The number of nitrogens with zero attached hydrogens (tertiary/aromatic N) is 2. The summed E-state index contributed by atoms with van der Waals surface area (Å²) < 4.78 is 0. The summed E-state index contributed by atoms with van der Waals surface area (Å²) in [6, 6.07) is 7.81. The van der Waals surface area contributed by atoms with Crippen LogP contribution in [0.15, 0.2) is 24.3 Å². The first kappa shape index (κ1) is 18.4. The minimum Gasteiger partial charge on any atom is -0.315 e. The molecule has 142 valence electrons. The number of nitriles is 1. The Kier molecular flexibility index (Phi) is 4.73. The molecule has 1 aliphatic carbocycles. The molecule has 0 unspecified atom stereocenters. The molecule has 0 bridgehead atoms. The van der Waals surface area contributed by atoms with E-state index in [-0.39, 0.29) is 0 Å². The highest BCUT2D eigenvalue weighted by Crippen LogP contribution is 2.37. The van der Waals surface area contributed by atoms with E-state index in [1.165, 1.54) is 18.3 Å². The number of thiophene rings is 1. The number of carbonyl (C=O) groups excluding carboxylic acids is 3. The largest absolute Gasteiger partial charge is 0.315 e. The van der Waals surface area contributed by atoms with Gasteiger partial charge in [0.05, 0.1) is 16.7 Å². The van der Waals surface area contributed by atoms with Crippen molar-refractivity contribution in [3.63, 3.8) is 0 Å². The predicted molar refractivity (Wildman–Crippen MR) is 105 cm³/mol. The molecule has 7 heteroatoms. The highest BCUT2D eigenvalue weighted by atomic mass is 32.1. The van der Waals surface area contributed by atoms with Crippen molar-refractivity contribution in [2.75, 3.05) is 5.32 Å². The van der Waals surface area contributed by atoms with Crippen LogP contribution >= 0.6 is 11.3 Å². The van der Waals surface area contributed by atoms with Crippen LogP contribution in [-0.4, -0.2) is 28.7 Å². The van der Waals surface area contributed by atoms with Crippen LogP contribution in [0.1, 0.15) is 62.9 Å². The summed E-state index contributed by atoms with van der Waals surface area (Å²) in [6.45, 7) is 1.53. The molecule has 0 spiro atoms. The number of benzene rings is 1. The molecule has 1 N–H and O–H groups in total. The second-order valence-electron chi connectivity index (χ2n) is 7.07. The van der Waals surface area contributed by atoms with Crippen molar-refractivity contribution in [1.82, 2.24) is 4.90 Å². The lowest BCUT2D eigenvalue weighted by Crippen LogP contribution is -2.45. The summed E-state index contributed by atoms with van der Waals surface area (Å²) in [6.07, 6.45) is 5.02. The Labute approximate surface area is 166 Å². The Morgan fingerprint density at radius 2 is 1.79 bits per heavy atom. The topological polar surface area (TPSA) is 90.3 Å². The molecule has 3 amide bonds. The minimum absolute atomic E-state index is 0.313. The van der Waals surface area contributed by atoms with E-state index in [1.807, 2.05) is 0 Å². The molecule has 2 aliphatic rings. The third-order valence-electron chi connectivity index (χ3n) is 5.36. The number of imide groups is 1. The van der Waals surface area contributed by atoms with E-state index in [4.69, 9.17) is 0 Å². The van der Waals surface area contributed by atoms with Crippen molar-refractivity contribution < 1.29 is 14.4 Å². The van der Waals surface area contributed by atoms with Gasteiger partial charge in [-0.15, -0.1) is 11.3 Å². The lowest BCUT2D eigenvalue weighted by atomic mass is 10.1. The first-order valence-corrected chi connectivity index (χ1v) is 10.2. The zero-order valence-corrected chi connectivity index (χ0v) is 16.3. The summed E-state index contributed by atoms with van der Waals surface area (Å²) >= 11 is 1.43. The molecule has 1 atom stereocenters. The molecule has 6 nitrogen and oxygen atoms in total.